The monoisotopic (exact) mass is 308 g/mol. The van der Waals surface area contributed by atoms with Crippen LogP contribution in [0.4, 0.5) is 28.9 Å². The van der Waals surface area contributed by atoms with Crippen LogP contribution in [0.15, 0.2) is 48.5 Å². The predicted octanol–water partition coefficient (Wildman–Crippen LogP) is 4.05. The molecule has 3 rings (SSSR count). The molecular formula is C16H12F4N2. The first-order valence-electron chi connectivity index (χ1n) is 6.48. The Morgan fingerprint density at radius 2 is 0.818 bits per heavy atom. The largest absolute Gasteiger partial charge is 0.399 e. The Morgan fingerprint density at radius 1 is 0.545 bits per heavy atom. The Labute approximate surface area is 124 Å². The maximum absolute atomic E-state index is 13.9. The topological polar surface area (TPSA) is 52.0 Å². The van der Waals surface area contributed by atoms with Gasteiger partial charge in [0.15, 0.2) is 0 Å². The Balaban J connectivity index is 2.22. The lowest BCUT2D eigenvalue weighted by Crippen LogP contribution is -2.51. The van der Waals surface area contributed by atoms with Gasteiger partial charge in [0.25, 0.3) is 0 Å². The Kier molecular flexibility index (Phi) is 2.95. The van der Waals surface area contributed by atoms with E-state index in [1.807, 2.05) is 0 Å². The van der Waals surface area contributed by atoms with E-state index in [1.165, 1.54) is 48.5 Å². The van der Waals surface area contributed by atoms with Crippen LogP contribution in [-0.2, 0) is 0 Å². The van der Waals surface area contributed by atoms with E-state index < -0.39 is 23.0 Å². The van der Waals surface area contributed by atoms with Gasteiger partial charge in [0.2, 0.25) is 0 Å². The van der Waals surface area contributed by atoms with Crippen molar-refractivity contribution in [2.45, 2.75) is 11.8 Å². The third-order valence-electron chi connectivity index (χ3n) is 3.67. The van der Waals surface area contributed by atoms with Crippen LogP contribution >= 0.6 is 0 Å². The summed E-state index contributed by atoms with van der Waals surface area (Å²) in [6.45, 7) is 0. The van der Waals surface area contributed by atoms with Gasteiger partial charge in [-0.3, -0.25) is 0 Å². The molecule has 2 aromatic carbocycles. The molecule has 1 aliphatic carbocycles. The van der Waals surface area contributed by atoms with E-state index in [4.69, 9.17) is 11.5 Å². The molecule has 4 N–H and O–H groups in total. The van der Waals surface area contributed by atoms with Gasteiger partial charge >= 0.3 is 11.8 Å². The number of halogens is 4. The van der Waals surface area contributed by atoms with E-state index in [9.17, 15) is 17.6 Å². The molecule has 22 heavy (non-hydrogen) atoms. The number of allylic oxidation sites excluding steroid dienone is 2. The van der Waals surface area contributed by atoms with Gasteiger partial charge in [-0.05, 0) is 35.4 Å². The first-order chi connectivity index (χ1) is 10.2. The number of nitrogens with two attached hydrogens (primary N) is 2. The van der Waals surface area contributed by atoms with Crippen LogP contribution in [0.1, 0.15) is 11.1 Å². The van der Waals surface area contributed by atoms with Gasteiger partial charge in [-0.15, -0.1) is 0 Å². The van der Waals surface area contributed by atoms with Gasteiger partial charge < -0.3 is 11.5 Å². The third-order valence-corrected chi connectivity index (χ3v) is 3.67. The summed E-state index contributed by atoms with van der Waals surface area (Å²) in [4.78, 5) is 0. The van der Waals surface area contributed by atoms with Crippen molar-refractivity contribution in [2.75, 3.05) is 11.5 Å². The average molecular weight is 308 g/mol. The molecule has 0 saturated carbocycles. The summed E-state index contributed by atoms with van der Waals surface area (Å²) in [6, 6.07) is 10.8. The van der Waals surface area contributed by atoms with Crippen molar-refractivity contribution in [1.29, 1.82) is 0 Å². The van der Waals surface area contributed by atoms with Crippen molar-refractivity contribution in [3.8, 4) is 0 Å². The number of benzene rings is 2. The van der Waals surface area contributed by atoms with Crippen molar-refractivity contribution in [3.05, 3.63) is 59.7 Å². The number of rotatable bonds is 2. The molecule has 0 unspecified atom stereocenters. The number of hydrogen-bond donors (Lipinski definition) is 2. The van der Waals surface area contributed by atoms with Crippen LogP contribution in [0.2, 0.25) is 0 Å². The maximum atomic E-state index is 13.9. The van der Waals surface area contributed by atoms with Gasteiger partial charge in [0, 0.05) is 22.5 Å². The van der Waals surface area contributed by atoms with Gasteiger partial charge in [-0.2, -0.15) is 17.6 Å². The van der Waals surface area contributed by atoms with Crippen LogP contribution in [0.5, 0.6) is 0 Å². The van der Waals surface area contributed by atoms with Crippen LogP contribution in [0.25, 0.3) is 11.1 Å². The number of anilines is 2. The summed E-state index contributed by atoms with van der Waals surface area (Å²) in [5, 5.41) is 0. The highest BCUT2D eigenvalue weighted by atomic mass is 19.3. The second-order valence-corrected chi connectivity index (χ2v) is 5.14. The Bertz CT molecular complexity index is 681. The van der Waals surface area contributed by atoms with Crippen molar-refractivity contribution in [3.63, 3.8) is 0 Å². The SMILES string of the molecule is Nc1ccc(C2=C(c3ccc(N)cc3)C(F)(F)C2(F)F)cc1. The van der Waals surface area contributed by atoms with Gasteiger partial charge in [0.1, 0.15) is 0 Å². The second-order valence-electron chi connectivity index (χ2n) is 5.14. The highest BCUT2D eigenvalue weighted by molar-refractivity contribution is 6.05. The summed E-state index contributed by atoms with van der Waals surface area (Å²) in [5.74, 6) is -8.44. The molecule has 6 heteroatoms. The molecule has 0 fully saturated rings. The Morgan fingerprint density at radius 3 is 1.09 bits per heavy atom. The predicted molar refractivity (Wildman–Crippen MR) is 78.4 cm³/mol. The minimum atomic E-state index is -4.22. The minimum Gasteiger partial charge on any atom is -0.399 e. The van der Waals surface area contributed by atoms with Crippen molar-refractivity contribution in [2.24, 2.45) is 0 Å². The zero-order valence-electron chi connectivity index (χ0n) is 11.3. The fourth-order valence-corrected chi connectivity index (χ4v) is 2.52. The van der Waals surface area contributed by atoms with Crippen molar-refractivity contribution in [1.82, 2.24) is 0 Å². The summed E-state index contributed by atoms with van der Waals surface area (Å²) in [6.07, 6.45) is 0. The summed E-state index contributed by atoms with van der Waals surface area (Å²) in [7, 11) is 0. The highest BCUT2D eigenvalue weighted by Gasteiger charge is 2.71. The fraction of sp³-hybridized carbons (Fsp3) is 0.125. The molecule has 0 radical (unpaired) electrons. The van der Waals surface area contributed by atoms with Crippen LogP contribution in [-0.4, -0.2) is 11.8 Å². The molecule has 0 atom stereocenters. The van der Waals surface area contributed by atoms with E-state index in [0.717, 1.165) is 0 Å². The van der Waals surface area contributed by atoms with Crippen LogP contribution < -0.4 is 11.5 Å². The highest BCUT2D eigenvalue weighted by Crippen LogP contribution is 2.62. The first-order valence-corrected chi connectivity index (χ1v) is 6.48. The molecular weight excluding hydrogens is 296 g/mol. The van der Waals surface area contributed by atoms with Gasteiger partial charge in [-0.1, -0.05) is 24.3 Å². The molecule has 0 aliphatic heterocycles. The third kappa shape index (κ3) is 1.87. The number of alkyl halides is 4. The van der Waals surface area contributed by atoms with Crippen LogP contribution in [0, 0.1) is 0 Å². The Hall–Kier alpha value is -2.50. The molecule has 1 aliphatic rings. The smallest absolute Gasteiger partial charge is 0.340 e. The second kappa shape index (κ2) is 4.50. The molecule has 0 bridgehead atoms. The number of hydrogen-bond acceptors (Lipinski definition) is 2. The van der Waals surface area contributed by atoms with E-state index in [-0.39, 0.29) is 11.1 Å². The zero-order valence-corrected chi connectivity index (χ0v) is 11.3. The molecule has 0 heterocycles. The molecule has 0 aromatic heterocycles. The lowest BCUT2D eigenvalue weighted by Gasteiger charge is -2.41. The molecule has 0 spiro atoms. The maximum Gasteiger partial charge on any atom is 0.340 e. The van der Waals surface area contributed by atoms with Crippen LogP contribution in [0.3, 0.4) is 0 Å². The lowest BCUT2D eigenvalue weighted by atomic mass is 9.73. The molecule has 2 nitrogen and oxygen atoms in total. The van der Waals surface area contributed by atoms with Gasteiger partial charge in [-0.25, -0.2) is 0 Å². The molecule has 0 saturated heterocycles. The molecule has 0 amide bonds. The van der Waals surface area contributed by atoms with E-state index in [1.54, 1.807) is 0 Å². The molecule has 114 valence electrons. The van der Waals surface area contributed by atoms with E-state index >= 15 is 0 Å². The zero-order chi connectivity index (χ0) is 16.1. The average Bonchev–Trinajstić information content (AvgIpc) is 2.47. The van der Waals surface area contributed by atoms with Crippen molar-refractivity contribution >= 4 is 22.5 Å². The quantitative estimate of drug-likeness (QED) is 0.649. The van der Waals surface area contributed by atoms with E-state index in [2.05, 4.69) is 0 Å². The standard InChI is InChI=1S/C16H12F4N2/c17-15(18)13(9-1-5-11(21)6-2-9)14(16(15,19)20)10-3-7-12(22)8-4-10/h1-8H,21-22H2. The van der Waals surface area contributed by atoms with Gasteiger partial charge in [0.05, 0.1) is 0 Å². The molecule has 2 aromatic rings. The number of nitrogen functional groups attached to an aromatic ring is 2. The minimum absolute atomic E-state index is 0.0250. The fourth-order valence-electron chi connectivity index (χ4n) is 2.52. The van der Waals surface area contributed by atoms with Crippen molar-refractivity contribution < 1.29 is 17.6 Å². The summed E-state index contributed by atoms with van der Waals surface area (Å²) < 4.78 is 55.7. The summed E-state index contributed by atoms with van der Waals surface area (Å²) >= 11 is 0. The first kappa shape index (κ1) is 14.4. The summed E-state index contributed by atoms with van der Waals surface area (Å²) in [5.41, 5.74) is 10.4. The lowest BCUT2D eigenvalue weighted by molar-refractivity contribution is -0.149. The normalized spacial score (nSPS) is 18.9. The van der Waals surface area contributed by atoms with E-state index in [0.29, 0.717) is 11.4 Å².